The van der Waals surface area contributed by atoms with Crippen LogP contribution in [0.1, 0.15) is 47.6 Å². The van der Waals surface area contributed by atoms with Gasteiger partial charge in [-0.15, -0.1) is 0 Å². The lowest BCUT2D eigenvalue weighted by atomic mass is 9.97. The summed E-state index contributed by atoms with van der Waals surface area (Å²) in [6.45, 7) is 1.40. The van der Waals surface area contributed by atoms with Crippen molar-refractivity contribution in [1.82, 2.24) is 9.97 Å². The molecule has 3 aromatic rings. The van der Waals surface area contributed by atoms with E-state index in [-0.39, 0.29) is 5.92 Å². The highest BCUT2D eigenvalue weighted by Gasteiger charge is 2.29. The first-order chi connectivity index (χ1) is 14.8. The van der Waals surface area contributed by atoms with Crippen molar-refractivity contribution in [2.24, 2.45) is 0 Å². The first-order valence-corrected chi connectivity index (χ1v) is 10.5. The summed E-state index contributed by atoms with van der Waals surface area (Å²) in [7, 11) is 0. The first-order valence-electron chi connectivity index (χ1n) is 10.5. The fourth-order valence-electron chi connectivity index (χ4n) is 4.23. The maximum absolute atomic E-state index is 9.37. The number of nitrogens with one attached hydrogen (secondary N) is 2. The number of ether oxygens (including phenoxy) is 1. The summed E-state index contributed by atoms with van der Waals surface area (Å²) in [5.74, 6) is 2.36. The molecule has 1 aromatic heterocycles. The Morgan fingerprint density at radius 3 is 2.83 bits per heavy atom. The molecule has 0 saturated heterocycles. The Bertz CT molecular complexity index is 1110. The minimum Gasteiger partial charge on any atom is -0.492 e. The molecule has 0 radical (unpaired) electrons. The Hall–Kier alpha value is -3.59. The van der Waals surface area contributed by atoms with Gasteiger partial charge in [0.1, 0.15) is 17.6 Å². The monoisotopic (exact) mass is 397 g/mol. The second kappa shape index (κ2) is 8.03. The van der Waals surface area contributed by atoms with Crippen LogP contribution >= 0.6 is 0 Å². The lowest BCUT2D eigenvalue weighted by Crippen LogP contribution is -2.11. The predicted octanol–water partition coefficient (Wildman–Crippen LogP) is 4.75. The molecule has 6 heteroatoms. The Morgan fingerprint density at radius 2 is 1.97 bits per heavy atom. The molecule has 1 aliphatic heterocycles. The van der Waals surface area contributed by atoms with E-state index in [9.17, 15) is 5.26 Å². The fourth-order valence-corrected chi connectivity index (χ4v) is 4.23. The van der Waals surface area contributed by atoms with Gasteiger partial charge in [0.2, 0.25) is 5.95 Å². The van der Waals surface area contributed by atoms with Gasteiger partial charge in [-0.1, -0.05) is 30.3 Å². The molecule has 6 nitrogen and oxygen atoms in total. The number of benzene rings is 2. The predicted molar refractivity (Wildman–Crippen MR) is 116 cm³/mol. The van der Waals surface area contributed by atoms with E-state index in [1.165, 1.54) is 11.1 Å². The van der Waals surface area contributed by atoms with Crippen LogP contribution in [0.15, 0.2) is 48.5 Å². The van der Waals surface area contributed by atoms with Crippen molar-refractivity contribution in [3.63, 3.8) is 0 Å². The zero-order valence-electron chi connectivity index (χ0n) is 16.7. The van der Waals surface area contributed by atoms with Crippen molar-refractivity contribution in [3.8, 4) is 11.8 Å². The number of anilines is 3. The lowest BCUT2D eigenvalue weighted by Gasteiger charge is -2.16. The van der Waals surface area contributed by atoms with Gasteiger partial charge < -0.3 is 15.4 Å². The van der Waals surface area contributed by atoms with Crippen LogP contribution in [0.5, 0.6) is 5.75 Å². The zero-order chi connectivity index (χ0) is 20.3. The molecular formula is C24H23N5O. The molecule has 5 rings (SSSR count). The fraction of sp³-hybridized carbons (Fsp3) is 0.292. The summed E-state index contributed by atoms with van der Waals surface area (Å²) in [5.41, 5.74) is 4.96. The summed E-state index contributed by atoms with van der Waals surface area (Å²) in [4.78, 5) is 9.71. The van der Waals surface area contributed by atoms with Crippen molar-refractivity contribution < 1.29 is 4.74 Å². The Morgan fingerprint density at radius 1 is 1.07 bits per heavy atom. The third-order valence-electron chi connectivity index (χ3n) is 5.73. The van der Waals surface area contributed by atoms with Gasteiger partial charge in [0, 0.05) is 29.8 Å². The SMILES string of the molecule is N#Cc1ccc2cc1OCCCCNc1nc(nc3c1CCC3c1ccccc1)N2. The normalized spacial score (nSPS) is 17.6. The molecule has 0 fully saturated rings. The molecule has 0 spiro atoms. The van der Waals surface area contributed by atoms with E-state index in [0.717, 1.165) is 49.4 Å². The quantitative estimate of drug-likeness (QED) is 0.616. The molecule has 1 unspecified atom stereocenters. The standard InChI is InChI=1S/C24H23N5O/c25-15-17-8-9-18-14-21(17)30-13-5-4-12-26-23-20-11-10-19(16-6-2-1-3-7-16)22(20)28-24(27-18)29-23/h1-3,6-9,14,19H,4-5,10-13H2,(H2,26,27,28,29). The van der Waals surface area contributed by atoms with Crippen LogP contribution in [0.2, 0.25) is 0 Å². The maximum Gasteiger partial charge on any atom is 0.229 e. The van der Waals surface area contributed by atoms with Gasteiger partial charge in [0.05, 0.1) is 17.9 Å². The van der Waals surface area contributed by atoms with Gasteiger partial charge in [-0.3, -0.25) is 0 Å². The molecule has 1 atom stereocenters. The van der Waals surface area contributed by atoms with Crippen LogP contribution < -0.4 is 15.4 Å². The number of rotatable bonds is 1. The van der Waals surface area contributed by atoms with Crippen LogP contribution in [0.3, 0.4) is 0 Å². The second-order valence-corrected chi connectivity index (χ2v) is 7.69. The number of fused-ring (bicyclic) bond motifs is 6. The third-order valence-corrected chi connectivity index (χ3v) is 5.73. The molecule has 2 N–H and O–H groups in total. The van der Waals surface area contributed by atoms with Crippen LogP contribution in [0.4, 0.5) is 17.5 Å². The minimum atomic E-state index is 0.279. The van der Waals surface area contributed by atoms with Crippen molar-refractivity contribution >= 4 is 17.5 Å². The van der Waals surface area contributed by atoms with E-state index in [1.807, 2.05) is 18.2 Å². The molecule has 2 aromatic carbocycles. The Balaban J connectivity index is 1.57. The molecule has 150 valence electrons. The summed E-state index contributed by atoms with van der Waals surface area (Å²) < 4.78 is 5.86. The van der Waals surface area contributed by atoms with Gasteiger partial charge in [0.25, 0.3) is 0 Å². The van der Waals surface area contributed by atoms with Crippen LogP contribution in [0.25, 0.3) is 0 Å². The van der Waals surface area contributed by atoms with Crippen molar-refractivity contribution in [2.45, 2.75) is 31.6 Å². The molecule has 0 saturated carbocycles. The largest absolute Gasteiger partial charge is 0.492 e. The van der Waals surface area contributed by atoms with Crippen LogP contribution in [-0.4, -0.2) is 23.1 Å². The van der Waals surface area contributed by atoms with E-state index in [2.05, 4.69) is 41.0 Å². The third kappa shape index (κ3) is 3.55. The first kappa shape index (κ1) is 18.4. The summed E-state index contributed by atoms with van der Waals surface area (Å²) in [6.07, 6.45) is 3.89. The van der Waals surface area contributed by atoms with E-state index in [0.29, 0.717) is 23.9 Å². The average Bonchev–Trinajstić information content (AvgIpc) is 3.20. The number of aromatic nitrogens is 2. The number of hydrogen-bond donors (Lipinski definition) is 2. The number of nitrogens with zero attached hydrogens (tertiary/aromatic N) is 3. The highest BCUT2D eigenvalue weighted by atomic mass is 16.5. The van der Waals surface area contributed by atoms with Crippen molar-refractivity contribution in [2.75, 3.05) is 23.8 Å². The zero-order valence-corrected chi connectivity index (χ0v) is 16.7. The molecule has 2 aliphatic rings. The highest BCUT2D eigenvalue weighted by Crippen LogP contribution is 2.40. The van der Waals surface area contributed by atoms with Crippen molar-refractivity contribution in [3.05, 3.63) is 70.9 Å². The molecule has 1 aliphatic carbocycles. The summed E-state index contributed by atoms with van der Waals surface area (Å²) in [6, 6.07) is 18.3. The summed E-state index contributed by atoms with van der Waals surface area (Å²) >= 11 is 0. The van der Waals surface area contributed by atoms with Gasteiger partial charge in [0.15, 0.2) is 0 Å². The Kier molecular flexibility index (Phi) is 4.94. The van der Waals surface area contributed by atoms with E-state index in [1.54, 1.807) is 6.07 Å². The van der Waals surface area contributed by atoms with Gasteiger partial charge >= 0.3 is 0 Å². The van der Waals surface area contributed by atoms with Gasteiger partial charge in [-0.2, -0.15) is 10.2 Å². The molecule has 2 heterocycles. The average molecular weight is 397 g/mol. The van der Waals surface area contributed by atoms with E-state index < -0.39 is 0 Å². The topological polar surface area (TPSA) is 82.9 Å². The molecule has 4 bridgehead atoms. The van der Waals surface area contributed by atoms with E-state index in [4.69, 9.17) is 14.7 Å². The lowest BCUT2D eigenvalue weighted by molar-refractivity contribution is 0.308. The molecule has 0 amide bonds. The van der Waals surface area contributed by atoms with Crippen LogP contribution in [-0.2, 0) is 6.42 Å². The second-order valence-electron chi connectivity index (χ2n) is 7.69. The molecule has 30 heavy (non-hydrogen) atoms. The smallest absolute Gasteiger partial charge is 0.229 e. The van der Waals surface area contributed by atoms with Crippen molar-refractivity contribution in [1.29, 1.82) is 5.26 Å². The van der Waals surface area contributed by atoms with Crippen LogP contribution in [0, 0.1) is 11.3 Å². The maximum atomic E-state index is 9.37. The minimum absolute atomic E-state index is 0.279. The number of nitriles is 1. The van der Waals surface area contributed by atoms with Gasteiger partial charge in [-0.25, -0.2) is 4.98 Å². The highest BCUT2D eigenvalue weighted by molar-refractivity contribution is 5.63. The molecular weight excluding hydrogens is 374 g/mol. The number of hydrogen-bond acceptors (Lipinski definition) is 6. The Labute approximate surface area is 175 Å². The summed E-state index contributed by atoms with van der Waals surface area (Å²) in [5, 5.41) is 16.2. The van der Waals surface area contributed by atoms with E-state index >= 15 is 0 Å². The van der Waals surface area contributed by atoms with Gasteiger partial charge in [-0.05, 0) is 43.4 Å².